The van der Waals surface area contributed by atoms with E-state index in [9.17, 15) is 4.79 Å². The Kier molecular flexibility index (Phi) is 10.6. The van der Waals surface area contributed by atoms with Gasteiger partial charge in [-0.2, -0.15) is 0 Å². The number of nitrogens with zero attached hydrogens (tertiary/aromatic N) is 2. The molecule has 2 saturated heterocycles. The molecule has 1 N–H and O–H groups in total. The fraction of sp³-hybridized carbons (Fsp3) is 0.933. The smallest absolute Gasteiger partial charge is 0.222 e. The van der Waals surface area contributed by atoms with Crippen molar-refractivity contribution in [3.8, 4) is 0 Å². The van der Waals surface area contributed by atoms with E-state index in [1.54, 1.807) is 0 Å². The summed E-state index contributed by atoms with van der Waals surface area (Å²) in [5, 5.41) is 3.38. The number of carbonyl (C=O) groups is 1. The first-order valence-corrected chi connectivity index (χ1v) is 7.89. The van der Waals surface area contributed by atoms with Gasteiger partial charge in [0, 0.05) is 38.6 Å². The minimum atomic E-state index is 0. The predicted molar refractivity (Wildman–Crippen MR) is 92.6 cm³/mol. The first-order valence-electron chi connectivity index (χ1n) is 7.89. The van der Waals surface area contributed by atoms with Gasteiger partial charge < -0.3 is 10.2 Å². The van der Waals surface area contributed by atoms with Crippen molar-refractivity contribution in [3.05, 3.63) is 0 Å². The highest BCUT2D eigenvalue weighted by Crippen LogP contribution is 2.18. The molecule has 0 aliphatic carbocycles. The van der Waals surface area contributed by atoms with Crippen LogP contribution in [0.5, 0.6) is 0 Å². The molecule has 0 aromatic carbocycles. The topological polar surface area (TPSA) is 35.6 Å². The van der Waals surface area contributed by atoms with Crippen LogP contribution >= 0.6 is 24.8 Å². The molecule has 2 heterocycles. The highest BCUT2D eigenvalue weighted by molar-refractivity contribution is 5.85. The zero-order valence-corrected chi connectivity index (χ0v) is 15.0. The molecule has 1 amide bonds. The Labute approximate surface area is 141 Å². The standard InChI is InChI=1S/C15H29N3O.2ClH/c1-13(2)17-9-11-18(12-10-17)15(19)4-3-14-5-7-16-8-6-14;;/h13-14,16H,3-12H2,1-2H3;2*1H. The number of carbonyl (C=O) groups excluding carboxylic acids is 1. The van der Waals surface area contributed by atoms with Crippen LogP contribution < -0.4 is 5.32 Å². The van der Waals surface area contributed by atoms with Crippen molar-refractivity contribution in [3.63, 3.8) is 0 Å². The van der Waals surface area contributed by atoms with Crippen molar-refractivity contribution in [2.24, 2.45) is 5.92 Å². The normalized spacial score (nSPS) is 20.8. The molecule has 2 fully saturated rings. The van der Waals surface area contributed by atoms with Crippen LogP contribution in [0.1, 0.15) is 39.5 Å². The van der Waals surface area contributed by atoms with E-state index in [4.69, 9.17) is 0 Å². The van der Waals surface area contributed by atoms with Gasteiger partial charge in [0.1, 0.15) is 0 Å². The van der Waals surface area contributed by atoms with E-state index >= 15 is 0 Å². The number of halogens is 2. The van der Waals surface area contributed by atoms with Crippen LogP contribution in [0, 0.1) is 5.92 Å². The molecule has 126 valence electrons. The van der Waals surface area contributed by atoms with E-state index in [2.05, 4.69) is 29.0 Å². The van der Waals surface area contributed by atoms with Crippen LogP contribution in [-0.2, 0) is 4.79 Å². The molecule has 2 rings (SSSR count). The first kappa shape index (κ1) is 21.0. The van der Waals surface area contributed by atoms with Crippen molar-refractivity contribution in [1.82, 2.24) is 15.1 Å². The average Bonchev–Trinajstić information content (AvgIpc) is 2.46. The Morgan fingerprint density at radius 3 is 2.19 bits per heavy atom. The number of piperidine rings is 1. The molecule has 0 unspecified atom stereocenters. The van der Waals surface area contributed by atoms with E-state index in [1.807, 2.05) is 0 Å². The lowest BCUT2D eigenvalue weighted by Gasteiger charge is -2.37. The summed E-state index contributed by atoms with van der Waals surface area (Å²) < 4.78 is 0. The molecule has 0 spiro atoms. The molecule has 6 heteroatoms. The van der Waals surface area contributed by atoms with Gasteiger partial charge in [-0.3, -0.25) is 9.69 Å². The second-order valence-electron chi connectivity index (χ2n) is 6.24. The molecular formula is C15H31Cl2N3O. The number of nitrogens with one attached hydrogen (secondary N) is 1. The van der Waals surface area contributed by atoms with Crippen molar-refractivity contribution in [2.75, 3.05) is 39.3 Å². The zero-order chi connectivity index (χ0) is 13.7. The largest absolute Gasteiger partial charge is 0.340 e. The van der Waals surface area contributed by atoms with Gasteiger partial charge >= 0.3 is 0 Å². The summed E-state index contributed by atoms with van der Waals surface area (Å²) in [6.07, 6.45) is 4.33. The minimum Gasteiger partial charge on any atom is -0.340 e. The lowest BCUT2D eigenvalue weighted by Crippen LogP contribution is -2.50. The number of hydrogen-bond acceptors (Lipinski definition) is 3. The van der Waals surface area contributed by atoms with Crippen molar-refractivity contribution >= 4 is 30.7 Å². The third-order valence-corrected chi connectivity index (χ3v) is 4.62. The minimum absolute atomic E-state index is 0. The highest BCUT2D eigenvalue weighted by Gasteiger charge is 2.23. The molecule has 0 saturated carbocycles. The number of rotatable bonds is 4. The maximum atomic E-state index is 12.2. The van der Waals surface area contributed by atoms with Gasteiger partial charge in [0.05, 0.1) is 0 Å². The molecule has 21 heavy (non-hydrogen) atoms. The van der Waals surface area contributed by atoms with Gasteiger partial charge in [0.15, 0.2) is 0 Å². The van der Waals surface area contributed by atoms with Gasteiger partial charge in [0.25, 0.3) is 0 Å². The third-order valence-electron chi connectivity index (χ3n) is 4.62. The Balaban J connectivity index is 0.00000200. The lowest BCUT2D eigenvalue weighted by molar-refractivity contribution is -0.133. The maximum absolute atomic E-state index is 12.2. The number of piperazine rings is 1. The van der Waals surface area contributed by atoms with Crippen LogP contribution in [0.25, 0.3) is 0 Å². The third kappa shape index (κ3) is 6.72. The number of amides is 1. The molecule has 0 atom stereocenters. The maximum Gasteiger partial charge on any atom is 0.222 e. The predicted octanol–water partition coefficient (Wildman–Crippen LogP) is 2.16. The summed E-state index contributed by atoms with van der Waals surface area (Å²) in [4.78, 5) is 16.7. The highest BCUT2D eigenvalue weighted by atomic mass is 35.5. The molecule has 0 bridgehead atoms. The van der Waals surface area contributed by atoms with Crippen LogP contribution in [0.3, 0.4) is 0 Å². The van der Waals surface area contributed by atoms with Crippen molar-refractivity contribution < 1.29 is 4.79 Å². The lowest BCUT2D eigenvalue weighted by atomic mass is 9.93. The fourth-order valence-corrected chi connectivity index (χ4v) is 3.14. The van der Waals surface area contributed by atoms with Crippen molar-refractivity contribution in [1.29, 1.82) is 0 Å². The molecule has 4 nitrogen and oxygen atoms in total. The Bertz CT molecular complexity index is 289. The molecule has 0 radical (unpaired) electrons. The van der Waals surface area contributed by atoms with E-state index in [0.29, 0.717) is 11.9 Å². The van der Waals surface area contributed by atoms with Crippen LogP contribution in [0.15, 0.2) is 0 Å². The van der Waals surface area contributed by atoms with E-state index < -0.39 is 0 Å². The first-order chi connectivity index (χ1) is 9.16. The van der Waals surface area contributed by atoms with Crippen LogP contribution in [-0.4, -0.2) is 61.0 Å². The van der Waals surface area contributed by atoms with Crippen LogP contribution in [0.2, 0.25) is 0 Å². The van der Waals surface area contributed by atoms with E-state index in [0.717, 1.165) is 58.0 Å². The molecule has 2 aliphatic rings. The van der Waals surface area contributed by atoms with Gasteiger partial charge in [-0.25, -0.2) is 0 Å². The summed E-state index contributed by atoms with van der Waals surface area (Å²) in [6, 6.07) is 0.604. The summed E-state index contributed by atoms with van der Waals surface area (Å²) >= 11 is 0. The van der Waals surface area contributed by atoms with Crippen LogP contribution in [0.4, 0.5) is 0 Å². The molecule has 0 aromatic rings. The summed E-state index contributed by atoms with van der Waals surface area (Å²) in [5.74, 6) is 1.14. The second-order valence-corrected chi connectivity index (χ2v) is 6.24. The fourth-order valence-electron chi connectivity index (χ4n) is 3.14. The average molecular weight is 340 g/mol. The quantitative estimate of drug-likeness (QED) is 0.852. The summed E-state index contributed by atoms with van der Waals surface area (Å²) in [5.41, 5.74) is 0. The van der Waals surface area contributed by atoms with Crippen molar-refractivity contribution in [2.45, 2.75) is 45.6 Å². The Morgan fingerprint density at radius 1 is 1.10 bits per heavy atom. The second kappa shape index (κ2) is 10.7. The number of hydrogen-bond donors (Lipinski definition) is 1. The van der Waals surface area contributed by atoms with E-state index in [-0.39, 0.29) is 24.8 Å². The monoisotopic (exact) mass is 339 g/mol. The van der Waals surface area contributed by atoms with Gasteiger partial charge in [-0.1, -0.05) is 0 Å². The molecule has 2 aliphatic heterocycles. The van der Waals surface area contributed by atoms with Gasteiger partial charge in [0.2, 0.25) is 5.91 Å². The van der Waals surface area contributed by atoms with E-state index in [1.165, 1.54) is 12.8 Å². The summed E-state index contributed by atoms with van der Waals surface area (Å²) in [6.45, 7) is 10.6. The van der Waals surface area contributed by atoms with Gasteiger partial charge in [-0.15, -0.1) is 24.8 Å². The van der Waals surface area contributed by atoms with Gasteiger partial charge in [-0.05, 0) is 52.1 Å². The molecule has 0 aromatic heterocycles. The Morgan fingerprint density at radius 2 is 1.67 bits per heavy atom. The SMILES string of the molecule is CC(C)N1CCN(C(=O)CCC2CCNCC2)CC1.Cl.Cl. The Hall–Kier alpha value is -0.0300. The zero-order valence-electron chi connectivity index (χ0n) is 13.3. The summed E-state index contributed by atoms with van der Waals surface area (Å²) in [7, 11) is 0. The molecular weight excluding hydrogens is 309 g/mol.